The minimum absolute atomic E-state index is 0.841. The van der Waals surface area contributed by atoms with Crippen molar-refractivity contribution in [1.29, 1.82) is 0 Å². The van der Waals surface area contributed by atoms with E-state index in [2.05, 4.69) is 0 Å². The van der Waals surface area contributed by atoms with E-state index >= 15 is 0 Å². The first-order valence-corrected chi connectivity index (χ1v) is 7.48. The van der Waals surface area contributed by atoms with Gasteiger partial charge in [0.1, 0.15) is 0 Å². The van der Waals surface area contributed by atoms with Crippen LogP contribution in [0.5, 0.6) is 0 Å². The monoisotopic (exact) mass is 366 g/mol. The van der Waals surface area contributed by atoms with Crippen LogP contribution in [0.25, 0.3) is 0 Å². The summed E-state index contributed by atoms with van der Waals surface area (Å²) in [6.45, 7) is 4.28. The molecule has 3 atom stereocenters. The van der Waals surface area contributed by atoms with Crippen LogP contribution < -0.4 is 0 Å². The van der Waals surface area contributed by atoms with Gasteiger partial charge in [-0.15, -0.1) is 0 Å². The molecule has 3 unspecified atom stereocenters. The zero-order chi connectivity index (χ0) is 19.6. The zero-order valence-electron chi connectivity index (χ0n) is 15.3. The van der Waals surface area contributed by atoms with Gasteiger partial charge in [0.25, 0.3) is 0 Å². The SMILES string of the molecule is COC(C)OC(=O)CC(O)(CC(=O)OC(C)OC)C(=O)OC(C)OC. The normalized spacial score (nSPS) is 16.9. The third kappa shape index (κ3) is 8.77. The molecule has 0 rings (SSSR count). The van der Waals surface area contributed by atoms with Crippen molar-refractivity contribution in [1.82, 2.24) is 0 Å². The van der Waals surface area contributed by atoms with Crippen molar-refractivity contribution < 1.29 is 47.9 Å². The Bertz CT molecular complexity index is 424. The van der Waals surface area contributed by atoms with Crippen molar-refractivity contribution >= 4 is 17.9 Å². The number of aliphatic hydroxyl groups is 1. The van der Waals surface area contributed by atoms with Crippen molar-refractivity contribution in [3.63, 3.8) is 0 Å². The number of hydrogen-bond acceptors (Lipinski definition) is 10. The van der Waals surface area contributed by atoms with Crippen LogP contribution in [0.4, 0.5) is 0 Å². The fourth-order valence-corrected chi connectivity index (χ4v) is 1.54. The molecule has 0 aromatic heterocycles. The molecule has 10 nitrogen and oxygen atoms in total. The van der Waals surface area contributed by atoms with Crippen LogP contribution in [-0.4, -0.2) is 68.8 Å². The average Bonchev–Trinajstić information content (AvgIpc) is 2.53. The molecule has 0 aromatic rings. The van der Waals surface area contributed by atoms with Gasteiger partial charge in [-0.05, 0) is 20.8 Å². The van der Waals surface area contributed by atoms with Gasteiger partial charge in [0.05, 0.1) is 12.8 Å². The maximum Gasteiger partial charge on any atom is 0.341 e. The van der Waals surface area contributed by atoms with Crippen LogP contribution in [0, 0.1) is 0 Å². The van der Waals surface area contributed by atoms with Gasteiger partial charge >= 0.3 is 17.9 Å². The Labute approximate surface area is 146 Å². The number of hydrogen-bond donors (Lipinski definition) is 1. The molecule has 0 bridgehead atoms. The van der Waals surface area contributed by atoms with Crippen LogP contribution in [0.1, 0.15) is 33.6 Å². The van der Waals surface area contributed by atoms with Crippen molar-refractivity contribution in [2.24, 2.45) is 0 Å². The second-order valence-corrected chi connectivity index (χ2v) is 5.18. The van der Waals surface area contributed by atoms with E-state index in [1.54, 1.807) is 0 Å². The maximum absolute atomic E-state index is 12.2. The van der Waals surface area contributed by atoms with Gasteiger partial charge in [0.15, 0.2) is 24.5 Å². The largest absolute Gasteiger partial charge is 0.436 e. The summed E-state index contributed by atoms with van der Waals surface area (Å²) in [6.07, 6.45) is -4.47. The third-order valence-electron chi connectivity index (χ3n) is 3.12. The molecule has 0 heterocycles. The summed E-state index contributed by atoms with van der Waals surface area (Å²) in [4.78, 5) is 35.9. The quantitative estimate of drug-likeness (QED) is 0.306. The highest BCUT2D eigenvalue weighted by Crippen LogP contribution is 2.21. The van der Waals surface area contributed by atoms with Crippen LogP contribution in [0.15, 0.2) is 0 Å². The number of carbonyl (C=O) groups is 3. The highest BCUT2D eigenvalue weighted by atomic mass is 16.7. The molecule has 0 aliphatic heterocycles. The topological polar surface area (TPSA) is 127 Å². The second kappa shape index (κ2) is 11.0. The maximum atomic E-state index is 12.2. The van der Waals surface area contributed by atoms with E-state index in [4.69, 9.17) is 28.4 Å². The Hall–Kier alpha value is -1.75. The van der Waals surface area contributed by atoms with Gasteiger partial charge < -0.3 is 33.5 Å². The summed E-state index contributed by atoms with van der Waals surface area (Å²) in [7, 11) is 3.89. The summed E-state index contributed by atoms with van der Waals surface area (Å²) >= 11 is 0. The van der Waals surface area contributed by atoms with Gasteiger partial charge in [-0.1, -0.05) is 0 Å². The number of rotatable bonds is 11. The molecule has 0 aromatic carbocycles. The smallest absolute Gasteiger partial charge is 0.341 e. The first-order valence-electron chi connectivity index (χ1n) is 7.48. The summed E-state index contributed by atoms with van der Waals surface area (Å²) < 4.78 is 28.8. The average molecular weight is 366 g/mol. The molecule has 146 valence electrons. The molecule has 0 spiro atoms. The standard InChI is InChI=1S/C15H26O10/c1-9(20-4)23-12(16)7-15(19,14(18)25-11(3)22-6)8-13(17)24-10(2)21-5/h9-11,19H,7-8H2,1-6H3. The molecular weight excluding hydrogens is 340 g/mol. The number of ether oxygens (including phenoxy) is 6. The summed E-state index contributed by atoms with van der Waals surface area (Å²) in [5.74, 6) is -3.16. The Kier molecular flexibility index (Phi) is 10.2. The highest BCUT2D eigenvalue weighted by Gasteiger charge is 2.44. The summed E-state index contributed by atoms with van der Waals surface area (Å²) in [6, 6.07) is 0. The molecular formula is C15H26O10. The van der Waals surface area contributed by atoms with E-state index in [9.17, 15) is 19.5 Å². The van der Waals surface area contributed by atoms with Gasteiger partial charge in [-0.2, -0.15) is 0 Å². The van der Waals surface area contributed by atoms with E-state index in [1.165, 1.54) is 42.1 Å². The van der Waals surface area contributed by atoms with Crippen molar-refractivity contribution in [3.05, 3.63) is 0 Å². The van der Waals surface area contributed by atoms with E-state index in [-0.39, 0.29) is 0 Å². The van der Waals surface area contributed by atoms with Crippen LogP contribution in [0.3, 0.4) is 0 Å². The van der Waals surface area contributed by atoms with E-state index in [0.717, 1.165) is 0 Å². The molecule has 0 amide bonds. The minimum Gasteiger partial charge on any atom is -0.436 e. The molecule has 0 aliphatic rings. The third-order valence-corrected chi connectivity index (χ3v) is 3.12. The first kappa shape index (κ1) is 23.2. The first-order chi connectivity index (χ1) is 11.6. The van der Waals surface area contributed by atoms with E-state index in [1.807, 2.05) is 0 Å². The van der Waals surface area contributed by atoms with Gasteiger partial charge in [0.2, 0.25) is 0 Å². The van der Waals surface area contributed by atoms with E-state index < -0.39 is 55.2 Å². The zero-order valence-corrected chi connectivity index (χ0v) is 15.3. The lowest BCUT2D eigenvalue weighted by Crippen LogP contribution is -2.46. The fraction of sp³-hybridized carbons (Fsp3) is 0.800. The fourth-order valence-electron chi connectivity index (χ4n) is 1.54. The van der Waals surface area contributed by atoms with Crippen LogP contribution in [-0.2, 0) is 42.8 Å². The molecule has 0 saturated carbocycles. The van der Waals surface area contributed by atoms with Crippen LogP contribution >= 0.6 is 0 Å². The molecule has 0 saturated heterocycles. The van der Waals surface area contributed by atoms with Gasteiger partial charge in [-0.3, -0.25) is 9.59 Å². The van der Waals surface area contributed by atoms with Crippen molar-refractivity contribution in [3.8, 4) is 0 Å². The molecule has 0 aliphatic carbocycles. The van der Waals surface area contributed by atoms with Gasteiger partial charge in [-0.25, -0.2) is 4.79 Å². The Morgan fingerprint density at radius 2 is 1.08 bits per heavy atom. The molecule has 0 fully saturated rings. The van der Waals surface area contributed by atoms with Crippen molar-refractivity contribution in [2.75, 3.05) is 21.3 Å². The predicted octanol–water partition coefficient (Wildman–Crippen LogP) is 0.105. The summed E-state index contributed by atoms with van der Waals surface area (Å²) in [5.41, 5.74) is -2.50. The molecule has 25 heavy (non-hydrogen) atoms. The van der Waals surface area contributed by atoms with Crippen LogP contribution in [0.2, 0.25) is 0 Å². The molecule has 1 N–H and O–H groups in total. The minimum atomic E-state index is -2.50. The summed E-state index contributed by atoms with van der Waals surface area (Å²) in [5, 5.41) is 10.5. The molecule has 0 radical (unpaired) electrons. The number of esters is 3. The van der Waals surface area contributed by atoms with E-state index in [0.29, 0.717) is 0 Å². The lowest BCUT2D eigenvalue weighted by molar-refractivity contribution is -0.203. The lowest BCUT2D eigenvalue weighted by atomic mass is 9.95. The van der Waals surface area contributed by atoms with Gasteiger partial charge in [0, 0.05) is 21.3 Å². The predicted molar refractivity (Wildman–Crippen MR) is 81.9 cm³/mol. The Morgan fingerprint density at radius 3 is 1.40 bits per heavy atom. The number of methoxy groups -OCH3 is 3. The molecule has 10 heteroatoms. The lowest BCUT2D eigenvalue weighted by Gasteiger charge is -2.26. The van der Waals surface area contributed by atoms with Crippen molar-refractivity contribution in [2.45, 2.75) is 58.1 Å². The Balaban J connectivity index is 5.17. The Morgan fingerprint density at radius 1 is 0.760 bits per heavy atom. The second-order valence-electron chi connectivity index (χ2n) is 5.18. The highest BCUT2D eigenvalue weighted by molar-refractivity contribution is 5.90. The number of carbonyl (C=O) groups excluding carboxylic acids is 3.